The standard InChI is InChI=1S/C29H45NO3/c1-6-8-20(9-7-2)27(32)33-30-19(3)24-12-13-25-23-11-10-21-18-22(31)14-16-28(21,4)26(23)15-17-29(24,25)5/h18,20,23,25-26,30H,6-17H2,1-5H3/b24-19-/t23-,25-,26-,28-,29+/m0/s1. The topological polar surface area (TPSA) is 55.4 Å². The van der Waals surface area contributed by atoms with Crippen molar-refractivity contribution >= 4 is 11.8 Å². The highest BCUT2D eigenvalue weighted by atomic mass is 16.7. The maximum Gasteiger partial charge on any atom is 0.335 e. The van der Waals surface area contributed by atoms with E-state index in [-0.39, 0.29) is 22.7 Å². The highest BCUT2D eigenvalue weighted by Crippen LogP contribution is 2.66. The Hall–Kier alpha value is -1.58. The highest BCUT2D eigenvalue weighted by molar-refractivity contribution is 5.91. The molecule has 4 heteroatoms. The summed E-state index contributed by atoms with van der Waals surface area (Å²) >= 11 is 0. The summed E-state index contributed by atoms with van der Waals surface area (Å²) in [6, 6.07) is 0. The average Bonchev–Trinajstić information content (AvgIpc) is 3.15. The van der Waals surface area contributed by atoms with E-state index in [2.05, 4.69) is 40.1 Å². The van der Waals surface area contributed by atoms with E-state index in [4.69, 9.17) is 4.84 Å². The van der Waals surface area contributed by atoms with Crippen molar-refractivity contribution in [2.45, 2.75) is 112 Å². The van der Waals surface area contributed by atoms with Crippen LogP contribution >= 0.6 is 0 Å². The molecule has 184 valence electrons. The van der Waals surface area contributed by atoms with Crippen LogP contribution in [-0.2, 0) is 14.4 Å². The van der Waals surface area contributed by atoms with Gasteiger partial charge in [-0.05, 0) is 105 Å². The molecular formula is C29H45NO3. The van der Waals surface area contributed by atoms with Gasteiger partial charge in [-0.1, -0.05) is 46.1 Å². The van der Waals surface area contributed by atoms with Crippen molar-refractivity contribution in [2.75, 3.05) is 0 Å². The Morgan fingerprint density at radius 3 is 2.42 bits per heavy atom. The fourth-order valence-corrected chi connectivity index (χ4v) is 8.34. The number of ketones is 1. The smallest absolute Gasteiger partial charge is 0.335 e. The van der Waals surface area contributed by atoms with Crippen LogP contribution in [-0.4, -0.2) is 11.8 Å². The Labute approximate surface area is 200 Å². The van der Waals surface area contributed by atoms with E-state index in [0.29, 0.717) is 17.6 Å². The second-order valence-corrected chi connectivity index (χ2v) is 11.9. The molecule has 0 aromatic rings. The van der Waals surface area contributed by atoms with Crippen LogP contribution in [0.1, 0.15) is 112 Å². The molecular weight excluding hydrogens is 410 g/mol. The molecule has 4 nitrogen and oxygen atoms in total. The zero-order valence-corrected chi connectivity index (χ0v) is 21.6. The molecule has 33 heavy (non-hydrogen) atoms. The van der Waals surface area contributed by atoms with E-state index in [9.17, 15) is 9.59 Å². The van der Waals surface area contributed by atoms with Gasteiger partial charge in [0.15, 0.2) is 5.78 Å². The highest BCUT2D eigenvalue weighted by Gasteiger charge is 2.57. The third-order valence-electron chi connectivity index (χ3n) is 10.1. The van der Waals surface area contributed by atoms with Crippen LogP contribution in [0.25, 0.3) is 0 Å². The number of rotatable bonds is 7. The molecule has 0 bridgehead atoms. The van der Waals surface area contributed by atoms with Gasteiger partial charge in [-0.3, -0.25) is 4.79 Å². The summed E-state index contributed by atoms with van der Waals surface area (Å²) in [6.07, 6.45) is 14.7. The van der Waals surface area contributed by atoms with E-state index in [1.54, 1.807) is 0 Å². The summed E-state index contributed by atoms with van der Waals surface area (Å²) in [6.45, 7) is 11.3. The lowest BCUT2D eigenvalue weighted by Gasteiger charge is -2.57. The first-order valence-corrected chi connectivity index (χ1v) is 13.6. The SMILES string of the molecule is CCCC(CCC)C(=O)ON/C(C)=C1/CC[C@H]2[C@@H]3CCC4=CC(=O)CC[C@]4(C)[C@H]3CC[C@]12C. The van der Waals surface area contributed by atoms with E-state index < -0.39 is 0 Å². The zero-order valence-electron chi connectivity index (χ0n) is 21.6. The molecule has 0 aromatic carbocycles. The molecule has 4 rings (SSSR count). The van der Waals surface area contributed by atoms with Crippen LogP contribution in [0, 0.1) is 34.5 Å². The van der Waals surface area contributed by atoms with E-state index in [1.807, 2.05) is 6.08 Å². The number of carbonyl (C=O) groups excluding carboxylic acids is 2. The molecule has 0 aromatic heterocycles. The molecule has 0 spiro atoms. The van der Waals surface area contributed by atoms with Gasteiger partial charge < -0.3 is 4.84 Å². The molecule has 4 aliphatic carbocycles. The Balaban J connectivity index is 1.48. The Bertz CT molecular complexity index is 836. The summed E-state index contributed by atoms with van der Waals surface area (Å²) in [5.41, 5.74) is 7.49. The van der Waals surface area contributed by atoms with Gasteiger partial charge in [-0.25, -0.2) is 10.3 Å². The van der Waals surface area contributed by atoms with Gasteiger partial charge in [-0.2, -0.15) is 0 Å². The van der Waals surface area contributed by atoms with Gasteiger partial charge in [0.05, 0.1) is 5.92 Å². The number of allylic oxidation sites excluding steroid dienone is 3. The van der Waals surface area contributed by atoms with Crippen LogP contribution in [0.3, 0.4) is 0 Å². The zero-order chi connectivity index (χ0) is 23.8. The molecule has 0 amide bonds. The molecule has 4 aliphatic rings. The lowest BCUT2D eigenvalue weighted by molar-refractivity contribution is -0.155. The number of carbonyl (C=O) groups is 2. The quantitative estimate of drug-likeness (QED) is 0.418. The Morgan fingerprint density at radius 2 is 1.73 bits per heavy atom. The molecule has 0 radical (unpaired) electrons. The van der Waals surface area contributed by atoms with E-state index in [0.717, 1.165) is 63.0 Å². The van der Waals surface area contributed by atoms with Gasteiger partial charge in [0.1, 0.15) is 0 Å². The lowest BCUT2D eigenvalue weighted by atomic mass is 9.47. The monoisotopic (exact) mass is 455 g/mol. The predicted octanol–water partition coefficient (Wildman–Crippen LogP) is 7.06. The number of hydroxylamine groups is 1. The lowest BCUT2D eigenvalue weighted by Crippen LogP contribution is -2.49. The van der Waals surface area contributed by atoms with Crippen LogP contribution in [0.4, 0.5) is 0 Å². The van der Waals surface area contributed by atoms with Crippen molar-refractivity contribution in [2.24, 2.45) is 34.5 Å². The minimum absolute atomic E-state index is 0.000241. The molecule has 0 saturated heterocycles. The van der Waals surface area contributed by atoms with E-state index >= 15 is 0 Å². The summed E-state index contributed by atoms with van der Waals surface area (Å²) in [5, 5.41) is 0. The molecule has 0 aliphatic heterocycles. The minimum Gasteiger partial charge on any atom is -0.343 e. The van der Waals surface area contributed by atoms with Gasteiger partial charge in [0, 0.05) is 12.1 Å². The van der Waals surface area contributed by atoms with Crippen LogP contribution in [0.5, 0.6) is 0 Å². The van der Waals surface area contributed by atoms with Crippen molar-refractivity contribution in [3.05, 3.63) is 22.9 Å². The maximum atomic E-state index is 12.6. The number of hydrogen-bond donors (Lipinski definition) is 1. The van der Waals surface area contributed by atoms with Crippen LogP contribution in [0.15, 0.2) is 22.9 Å². The summed E-state index contributed by atoms with van der Waals surface area (Å²) in [4.78, 5) is 30.3. The molecule has 3 fully saturated rings. The van der Waals surface area contributed by atoms with Crippen molar-refractivity contribution in [3.8, 4) is 0 Å². The molecule has 0 unspecified atom stereocenters. The number of fused-ring (bicyclic) bond motifs is 5. The molecule has 5 atom stereocenters. The first kappa shape index (κ1) is 24.5. The largest absolute Gasteiger partial charge is 0.343 e. The summed E-state index contributed by atoms with van der Waals surface area (Å²) < 4.78 is 0. The second kappa shape index (κ2) is 9.58. The molecule has 3 saturated carbocycles. The fourth-order valence-electron chi connectivity index (χ4n) is 8.34. The van der Waals surface area contributed by atoms with Gasteiger partial charge >= 0.3 is 5.97 Å². The Kier molecular flexibility index (Phi) is 7.13. The van der Waals surface area contributed by atoms with Crippen molar-refractivity contribution in [1.29, 1.82) is 0 Å². The molecule has 1 N–H and O–H groups in total. The maximum absolute atomic E-state index is 12.6. The normalized spacial score (nSPS) is 37.1. The third kappa shape index (κ3) is 4.32. The molecule has 0 heterocycles. The second-order valence-electron chi connectivity index (χ2n) is 11.9. The van der Waals surface area contributed by atoms with Crippen molar-refractivity contribution < 1.29 is 14.4 Å². The predicted molar refractivity (Wildman–Crippen MR) is 132 cm³/mol. The van der Waals surface area contributed by atoms with Crippen molar-refractivity contribution in [3.63, 3.8) is 0 Å². The number of hydrogen-bond acceptors (Lipinski definition) is 4. The summed E-state index contributed by atoms with van der Waals surface area (Å²) in [5.74, 6) is 2.38. The van der Waals surface area contributed by atoms with Gasteiger partial charge in [0.2, 0.25) is 0 Å². The number of nitrogens with one attached hydrogen (secondary N) is 1. The Morgan fingerprint density at radius 1 is 1.03 bits per heavy atom. The van der Waals surface area contributed by atoms with E-state index in [1.165, 1.54) is 36.8 Å². The van der Waals surface area contributed by atoms with Gasteiger partial charge in [0.25, 0.3) is 0 Å². The van der Waals surface area contributed by atoms with Gasteiger partial charge in [-0.15, -0.1) is 0 Å². The first-order chi connectivity index (χ1) is 15.7. The third-order valence-corrected chi connectivity index (χ3v) is 10.1. The summed E-state index contributed by atoms with van der Waals surface area (Å²) in [7, 11) is 0. The average molecular weight is 456 g/mol. The fraction of sp³-hybridized carbons (Fsp3) is 0.793. The van der Waals surface area contributed by atoms with Crippen molar-refractivity contribution in [1.82, 2.24) is 5.48 Å². The minimum atomic E-state index is -0.103. The van der Waals surface area contributed by atoms with Crippen LogP contribution in [0.2, 0.25) is 0 Å². The van der Waals surface area contributed by atoms with Crippen LogP contribution < -0.4 is 5.48 Å². The first-order valence-electron chi connectivity index (χ1n) is 13.6.